The summed E-state index contributed by atoms with van der Waals surface area (Å²) in [6.07, 6.45) is -0.838. The Bertz CT molecular complexity index is 600. The summed E-state index contributed by atoms with van der Waals surface area (Å²) in [5.74, 6) is 0. The van der Waals surface area contributed by atoms with Gasteiger partial charge in [0, 0.05) is 19.1 Å². The Hall–Kier alpha value is -1.33. The SMILES string of the molecule is CC(C)=CC(CC(C)(C)c1ccc(C(F)(F)F)cc1)N1CC[C@H](O)C1. The highest BCUT2D eigenvalue weighted by molar-refractivity contribution is 5.30. The number of nitrogens with zero attached hydrogens (tertiary/aromatic N) is 1. The fourth-order valence-corrected chi connectivity index (χ4v) is 3.50. The molecule has 1 N–H and O–H groups in total. The van der Waals surface area contributed by atoms with Crippen LogP contribution in [0.2, 0.25) is 0 Å². The van der Waals surface area contributed by atoms with Gasteiger partial charge >= 0.3 is 6.18 Å². The molecule has 1 aromatic carbocycles. The van der Waals surface area contributed by atoms with Crippen molar-refractivity contribution in [2.24, 2.45) is 0 Å². The molecule has 1 aliphatic heterocycles. The molecule has 1 unspecified atom stereocenters. The van der Waals surface area contributed by atoms with Crippen molar-refractivity contribution in [1.29, 1.82) is 0 Å². The summed E-state index contributed by atoms with van der Waals surface area (Å²) in [7, 11) is 0. The Balaban J connectivity index is 2.20. The summed E-state index contributed by atoms with van der Waals surface area (Å²) in [5, 5.41) is 9.84. The first-order valence-electron chi connectivity index (χ1n) is 8.74. The Morgan fingerprint density at radius 1 is 1.20 bits per heavy atom. The van der Waals surface area contributed by atoms with E-state index < -0.39 is 11.7 Å². The monoisotopic (exact) mass is 355 g/mol. The molecule has 0 aromatic heterocycles. The topological polar surface area (TPSA) is 23.5 Å². The zero-order valence-corrected chi connectivity index (χ0v) is 15.4. The zero-order valence-electron chi connectivity index (χ0n) is 15.4. The lowest BCUT2D eigenvalue weighted by atomic mass is 9.78. The van der Waals surface area contributed by atoms with E-state index >= 15 is 0 Å². The summed E-state index contributed by atoms with van der Waals surface area (Å²) >= 11 is 0. The van der Waals surface area contributed by atoms with E-state index in [4.69, 9.17) is 0 Å². The van der Waals surface area contributed by atoms with Crippen LogP contribution in [0.4, 0.5) is 13.2 Å². The predicted octanol–water partition coefficient (Wildman–Crippen LogP) is 4.77. The van der Waals surface area contributed by atoms with Crippen molar-refractivity contribution in [3.8, 4) is 0 Å². The number of aliphatic hydroxyl groups is 1. The molecule has 25 heavy (non-hydrogen) atoms. The van der Waals surface area contributed by atoms with Crippen LogP contribution in [0.5, 0.6) is 0 Å². The standard InChI is InChI=1S/C20H28F3NO/c1-14(2)11-17(24-10-9-18(25)13-24)12-19(3,4)15-5-7-16(8-6-15)20(21,22)23/h5-8,11,17-18,25H,9-10,12-13H2,1-4H3/t17?,18-/m0/s1. The van der Waals surface area contributed by atoms with Gasteiger partial charge in [-0.05, 0) is 49.8 Å². The summed E-state index contributed by atoms with van der Waals surface area (Å²) in [4.78, 5) is 2.27. The first-order valence-corrected chi connectivity index (χ1v) is 8.74. The van der Waals surface area contributed by atoms with Gasteiger partial charge in [-0.25, -0.2) is 0 Å². The average Bonchev–Trinajstić information content (AvgIpc) is 2.92. The lowest BCUT2D eigenvalue weighted by Crippen LogP contribution is -2.37. The van der Waals surface area contributed by atoms with Crippen molar-refractivity contribution in [3.63, 3.8) is 0 Å². The number of hydrogen-bond acceptors (Lipinski definition) is 2. The largest absolute Gasteiger partial charge is 0.416 e. The molecule has 0 spiro atoms. The van der Waals surface area contributed by atoms with Crippen molar-refractivity contribution < 1.29 is 18.3 Å². The molecule has 0 aliphatic carbocycles. The van der Waals surface area contributed by atoms with Gasteiger partial charge in [-0.3, -0.25) is 4.90 Å². The van der Waals surface area contributed by atoms with Gasteiger partial charge in [0.25, 0.3) is 0 Å². The molecule has 2 rings (SSSR count). The highest BCUT2D eigenvalue weighted by atomic mass is 19.4. The van der Waals surface area contributed by atoms with Gasteiger partial charge < -0.3 is 5.11 Å². The minimum Gasteiger partial charge on any atom is -0.392 e. The summed E-state index contributed by atoms with van der Waals surface area (Å²) in [6.45, 7) is 9.72. The zero-order chi connectivity index (χ0) is 18.8. The molecule has 0 radical (unpaired) electrons. The average molecular weight is 355 g/mol. The number of β-amino-alcohol motifs (C(OH)–C–C–N with tert-alkyl or cyclic N) is 1. The fraction of sp³-hybridized carbons (Fsp3) is 0.600. The van der Waals surface area contributed by atoms with Crippen molar-refractivity contribution in [3.05, 3.63) is 47.0 Å². The van der Waals surface area contributed by atoms with Gasteiger partial charge in [-0.2, -0.15) is 13.2 Å². The van der Waals surface area contributed by atoms with Crippen LogP contribution in [0.3, 0.4) is 0 Å². The van der Waals surface area contributed by atoms with E-state index in [0.717, 1.165) is 37.1 Å². The van der Waals surface area contributed by atoms with Crippen LogP contribution in [0.25, 0.3) is 0 Å². The predicted molar refractivity (Wildman–Crippen MR) is 94.5 cm³/mol. The van der Waals surface area contributed by atoms with Gasteiger partial charge in [0.2, 0.25) is 0 Å². The third-order valence-corrected chi connectivity index (χ3v) is 4.90. The van der Waals surface area contributed by atoms with Crippen molar-refractivity contribution >= 4 is 0 Å². The summed E-state index contributed by atoms with van der Waals surface area (Å²) < 4.78 is 38.3. The van der Waals surface area contributed by atoms with E-state index in [1.807, 2.05) is 13.8 Å². The first kappa shape index (κ1) is 20.0. The van der Waals surface area contributed by atoms with E-state index in [0.29, 0.717) is 6.54 Å². The van der Waals surface area contributed by atoms with Crippen molar-refractivity contribution in [2.45, 2.75) is 64.3 Å². The third kappa shape index (κ3) is 5.32. The van der Waals surface area contributed by atoms with E-state index in [2.05, 4.69) is 24.8 Å². The Morgan fingerprint density at radius 3 is 2.20 bits per heavy atom. The van der Waals surface area contributed by atoms with Crippen LogP contribution in [0, 0.1) is 0 Å². The normalized spacial score (nSPS) is 20.6. The van der Waals surface area contributed by atoms with E-state index in [1.165, 1.54) is 5.57 Å². The highest BCUT2D eigenvalue weighted by Gasteiger charge is 2.33. The molecule has 1 aromatic rings. The maximum absolute atomic E-state index is 12.8. The van der Waals surface area contributed by atoms with Crippen LogP contribution in [0.15, 0.2) is 35.9 Å². The molecular formula is C20H28F3NO. The molecule has 1 saturated heterocycles. The lowest BCUT2D eigenvalue weighted by molar-refractivity contribution is -0.137. The van der Waals surface area contributed by atoms with E-state index in [-0.39, 0.29) is 17.6 Å². The third-order valence-electron chi connectivity index (χ3n) is 4.90. The molecule has 1 heterocycles. The molecule has 1 fully saturated rings. The molecule has 0 saturated carbocycles. The highest BCUT2D eigenvalue weighted by Crippen LogP contribution is 2.35. The quantitative estimate of drug-likeness (QED) is 0.769. The smallest absolute Gasteiger partial charge is 0.392 e. The van der Waals surface area contributed by atoms with Crippen LogP contribution >= 0.6 is 0 Å². The Morgan fingerprint density at radius 2 is 1.76 bits per heavy atom. The molecule has 0 amide bonds. The molecule has 140 valence electrons. The Labute approximate surface area is 148 Å². The second-order valence-corrected chi connectivity index (χ2v) is 7.91. The molecule has 1 aliphatic rings. The molecule has 2 atom stereocenters. The minimum absolute atomic E-state index is 0.166. The Kier molecular flexibility index (Phi) is 6.00. The summed E-state index contributed by atoms with van der Waals surface area (Å²) in [6, 6.07) is 5.65. The van der Waals surface area contributed by atoms with E-state index in [9.17, 15) is 18.3 Å². The summed E-state index contributed by atoms with van der Waals surface area (Å²) in [5.41, 5.74) is 1.21. The second kappa shape index (κ2) is 7.50. The maximum atomic E-state index is 12.8. The van der Waals surface area contributed by atoms with Crippen molar-refractivity contribution in [1.82, 2.24) is 4.90 Å². The maximum Gasteiger partial charge on any atom is 0.416 e. The lowest BCUT2D eigenvalue weighted by Gasteiger charge is -2.34. The van der Waals surface area contributed by atoms with Gasteiger partial charge in [0.1, 0.15) is 0 Å². The number of hydrogen-bond donors (Lipinski definition) is 1. The number of benzene rings is 1. The van der Waals surface area contributed by atoms with Gasteiger partial charge in [0.05, 0.1) is 11.7 Å². The van der Waals surface area contributed by atoms with Gasteiger partial charge in [-0.1, -0.05) is 37.6 Å². The van der Waals surface area contributed by atoms with Crippen molar-refractivity contribution in [2.75, 3.05) is 13.1 Å². The first-order chi connectivity index (χ1) is 11.5. The van der Waals surface area contributed by atoms with Gasteiger partial charge in [0.15, 0.2) is 0 Å². The molecule has 0 bridgehead atoms. The molecule has 5 heteroatoms. The van der Waals surface area contributed by atoms with Gasteiger partial charge in [-0.15, -0.1) is 0 Å². The number of rotatable bonds is 5. The second-order valence-electron chi connectivity index (χ2n) is 7.91. The van der Waals surface area contributed by atoms with E-state index in [1.54, 1.807) is 12.1 Å². The number of aliphatic hydroxyl groups excluding tert-OH is 1. The number of alkyl halides is 3. The van der Waals surface area contributed by atoms with Crippen LogP contribution in [-0.4, -0.2) is 35.2 Å². The van der Waals surface area contributed by atoms with Crippen LogP contribution in [0.1, 0.15) is 51.7 Å². The van der Waals surface area contributed by atoms with Crippen LogP contribution in [-0.2, 0) is 11.6 Å². The number of allylic oxidation sites excluding steroid dienone is 1. The number of likely N-dealkylation sites (tertiary alicyclic amines) is 1. The van der Waals surface area contributed by atoms with Crippen LogP contribution < -0.4 is 0 Å². The fourth-order valence-electron chi connectivity index (χ4n) is 3.50. The molecular weight excluding hydrogens is 327 g/mol. The number of halogens is 3. The molecule has 2 nitrogen and oxygen atoms in total. The minimum atomic E-state index is -4.31.